The van der Waals surface area contributed by atoms with Crippen LogP contribution in [0.25, 0.3) is 0 Å². The number of amides is 1. The highest BCUT2D eigenvalue weighted by Crippen LogP contribution is 2.29. The predicted octanol–water partition coefficient (Wildman–Crippen LogP) is 2.69. The quantitative estimate of drug-likeness (QED) is 0.603. The molecule has 27 heavy (non-hydrogen) atoms. The van der Waals surface area contributed by atoms with E-state index in [9.17, 15) is 14.9 Å². The molecule has 0 radical (unpaired) electrons. The van der Waals surface area contributed by atoms with Crippen molar-refractivity contribution < 1.29 is 9.72 Å². The predicted molar refractivity (Wildman–Crippen MR) is 107 cm³/mol. The molecule has 2 aromatic carbocycles. The van der Waals surface area contributed by atoms with Gasteiger partial charge in [-0.25, -0.2) is 0 Å². The molecular weight excluding hydrogens is 368 g/mol. The van der Waals surface area contributed by atoms with Crippen molar-refractivity contribution >= 4 is 29.7 Å². The second-order valence-electron chi connectivity index (χ2n) is 6.65. The molecule has 1 heterocycles. The average Bonchev–Trinajstić information content (AvgIpc) is 2.97. The van der Waals surface area contributed by atoms with Crippen LogP contribution in [0.4, 0.5) is 11.4 Å². The smallest absolute Gasteiger partial charge is 0.293 e. The van der Waals surface area contributed by atoms with E-state index in [1.54, 1.807) is 19.1 Å². The van der Waals surface area contributed by atoms with Crippen molar-refractivity contribution in [2.45, 2.75) is 18.9 Å². The Morgan fingerprint density at radius 1 is 1.22 bits per heavy atom. The number of halogens is 1. The Bertz CT molecular complexity index is 816. The lowest BCUT2D eigenvalue weighted by atomic mass is 9.95. The molecule has 1 fully saturated rings. The van der Waals surface area contributed by atoms with Crippen molar-refractivity contribution in [2.75, 3.05) is 25.0 Å². The summed E-state index contributed by atoms with van der Waals surface area (Å²) in [7, 11) is 0. The van der Waals surface area contributed by atoms with Crippen molar-refractivity contribution in [2.24, 2.45) is 5.73 Å². The Balaban J connectivity index is 0.00000261. The summed E-state index contributed by atoms with van der Waals surface area (Å²) < 4.78 is 0. The van der Waals surface area contributed by atoms with Crippen molar-refractivity contribution in [3.63, 3.8) is 0 Å². The van der Waals surface area contributed by atoms with Crippen LogP contribution in [0.1, 0.15) is 17.0 Å². The van der Waals surface area contributed by atoms with Crippen LogP contribution in [0, 0.1) is 17.0 Å². The van der Waals surface area contributed by atoms with E-state index in [0.29, 0.717) is 18.7 Å². The normalized spacial score (nSPS) is 19.3. The fourth-order valence-corrected chi connectivity index (χ4v) is 3.44. The summed E-state index contributed by atoms with van der Waals surface area (Å²) in [5.74, 6) is -0.0971. The number of hydrogen-bond acceptors (Lipinski definition) is 5. The third-order valence-corrected chi connectivity index (χ3v) is 4.75. The first-order chi connectivity index (χ1) is 12.5. The molecule has 2 atom stereocenters. The minimum atomic E-state index is -0.486. The summed E-state index contributed by atoms with van der Waals surface area (Å²) in [6, 6.07) is 14.7. The van der Waals surface area contributed by atoms with E-state index in [-0.39, 0.29) is 48.2 Å². The Kier molecular flexibility index (Phi) is 6.90. The standard InChI is InChI=1S/C19H22N4O3.ClH/c1-13-6-5-9-17(23(25)26)19(13)21-18(24)12-22-10-15(16(20)11-22)14-7-3-2-4-8-14;/h2-9,15-16H,10-12,20H2,1H3,(H,21,24);1H/t15-,16+;/m0./s1. The minimum Gasteiger partial charge on any atom is -0.326 e. The number of nitro benzene ring substituents is 1. The first-order valence-electron chi connectivity index (χ1n) is 8.52. The molecular formula is C19H23ClN4O3. The Morgan fingerprint density at radius 2 is 1.93 bits per heavy atom. The molecule has 1 amide bonds. The van der Waals surface area contributed by atoms with Gasteiger partial charge in [0.1, 0.15) is 5.69 Å². The lowest BCUT2D eigenvalue weighted by Gasteiger charge is -2.16. The minimum absolute atomic E-state index is 0. The third kappa shape index (κ3) is 4.82. The molecule has 8 heteroatoms. The van der Waals surface area contributed by atoms with Crippen molar-refractivity contribution in [1.29, 1.82) is 0 Å². The second-order valence-corrected chi connectivity index (χ2v) is 6.65. The fourth-order valence-electron chi connectivity index (χ4n) is 3.44. The van der Waals surface area contributed by atoms with E-state index in [1.807, 2.05) is 35.2 Å². The number of carbonyl (C=O) groups excluding carboxylic acids is 1. The van der Waals surface area contributed by atoms with Gasteiger partial charge in [-0.2, -0.15) is 0 Å². The van der Waals surface area contributed by atoms with Gasteiger partial charge >= 0.3 is 0 Å². The third-order valence-electron chi connectivity index (χ3n) is 4.75. The number of nitrogens with two attached hydrogens (primary N) is 1. The van der Waals surface area contributed by atoms with Gasteiger partial charge in [0.25, 0.3) is 5.69 Å². The molecule has 0 aliphatic carbocycles. The number of nitro groups is 1. The van der Waals surface area contributed by atoms with Crippen molar-refractivity contribution in [1.82, 2.24) is 4.90 Å². The zero-order valence-electron chi connectivity index (χ0n) is 15.0. The number of carbonyl (C=O) groups is 1. The fraction of sp³-hybridized carbons (Fsp3) is 0.316. The second kappa shape index (κ2) is 8.94. The molecule has 144 valence electrons. The van der Waals surface area contributed by atoms with Crippen LogP contribution in [0.5, 0.6) is 0 Å². The SMILES string of the molecule is Cc1cccc([N+](=O)[O-])c1NC(=O)CN1C[C@@H](N)[C@H](c2ccccc2)C1.Cl. The van der Waals surface area contributed by atoms with Gasteiger partial charge in [-0.15, -0.1) is 12.4 Å². The van der Waals surface area contributed by atoms with Crippen LogP contribution in [0.2, 0.25) is 0 Å². The summed E-state index contributed by atoms with van der Waals surface area (Å²) >= 11 is 0. The van der Waals surface area contributed by atoms with Crippen LogP contribution >= 0.6 is 12.4 Å². The topological polar surface area (TPSA) is 102 Å². The zero-order valence-corrected chi connectivity index (χ0v) is 15.8. The monoisotopic (exact) mass is 390 g/mol. The van der Waals surface area contributed by atoms with E-state index >= 15 is 0 Å². The van der Waals surface area contributed by atoms with E-state index < -0.39 is 4.92 Å². The molecule has 3 N–H and O–H groups in total. The highest BCUT2D eigenvalue weighted by molar-refractivity contribution is 5.95. The number of rotatable bonds is 5. The molecule has 1 aliphatic rings. The molecule has 3 rings (SSSR count). The lowest BCUT2D eigenvalue weighted by Crippen LogP contribution is -2.34. The van der Waals surface area contributed by atoms with Crippen LogP contribution < -0.4 is 11.1 Å². The summed E-state index contributed by atoms with van der Waals surface area (Å²) in [6.07, 6.45) is 0. The number of benzene rings is 2. The van der Waals surface area contributed by atoms with Crippen molar-refractivity contribution in [3.05, 3.63) is 69.8 Å². The van der Waals surface area contributed by atoms with E-state index in [0.717, 1.165) is 5.56 Å². The van der Waals surface area contributed by atoms with Gasteiger partial charge in [-0.05, 0) is 18.1 Å². The van der Waals surface area contributed by atoms with Gasteiger partial charge in [0.05, 0.1) is 11.5 Å². The van der Waals surface area contributed by atoms with E-state index in [4.69, 9.17) is 5.73 Å². The number of aryl methyl sites for hydroxylation is 1. The summed E-state index contributed by atoms with van der Waals surface area (Å²) in [5.41, 5.74) is 8.24. The van der Waals surface area contributed by atoms with E-state index in [2.05, 4.69) is 5.32 Å². The molecule has 0 bridgehead atoms. The highest BCUT2D eigenvalue weighted by atomic mass is 35.5. The Morgan fingerprint density at radius 3 is 2.59 bits per heavy atom. The van der Waals surface area contributed by atoms with Gasteiger partial charge in [0, 0.05) is 31.1 Å². The molecule has 1 saturated heterocycles. The lowest BCUT2D eigenvalue weighted by molar-refractivity contribution is -0.384. The number of para-hydroxylation sites is 1. The molecule has 7 nitrogen and oxygen atoms in total. The maximum atomic E-state index is 12.4. The van der Waals surface area contributed by atoms with Gasteiger partial charge in [-0.3, -0.25) is 19.8 Å². The Labute approximate surface area is 164 Å². The van der Waals surface area contributed by atoms with Crippen LogP contribution in [0.15, 0.2) is 48.5 Å². The van der Waals surface area contributed by atoms with Gasteiger partial charge in [-0.1, -0.05) is 42.5 Å². The number of nitrogens with one attached hydrogen (secondary N) is 1. The first kappa shape index (κ1) is 20.8. The Hall–Kier alpha value is -2.48. The first-order valence-corrected chi connectivity index (χ1v) is 8.52. The van der Waals surface area contributed by atoms with Crippen LogP contribution in [0.3, 0.4) is 0 Å². The molecule has 0 unspecified atom stereocenters. The molecule has 0 saturated carbocycles. The molecule has 1 aliphatic heterocycles. The number of nitrogens with zero attached hydrogens (tertiary/aromatic N) is 2. The summed E-state index contributed by atoms with van der Waals surface area (Å²) in [4.78, 5) is 25.1. The summed E-state index contributed by atoms with van der Waals surface area (Å²) in [5, 5.41) is 13.9. The number of likely N-dealkylation sites (tertiary alicyclic amines) is 1. The molecule has 2 aromatic rings. The molecule has 0 spiro atoms. The van der Waals surface area contributed by atoms with Gasteiger partial charge in [0.15, 0.2) is 0 Å². The summed E-state index contributed by atoms with van der Waals surface area (Å²) in [6.45, 7) is 3.19. The number of anilines is 1. The number of hydrogen-bond donors (Lipinski definition) is 2. The van der Waals surface area contributed by atoms with Crippen LogP contribution in [-0.2, 0) is 4.79 Å². The maximum absolute atomic E-state index is 12.4. The largest absolute Gasteiger partial charge is 0.326 e. The maximum Gasteiger partial charge on any atom is 0.293 e. The van der Waals surface area contributed by atoms with E-state index in [1.165, 1.54) is 6.07 Å². The van der Waals surface area contributed by atoms with Gasteiger partial charge in [0.2, 0.25) is 5.91 Å². The van der Waals surface area contributed by atoms with Crippen molar-refractivity contribution in [3.8, 4) is 0 Å². The zero-order chi connectivity index (χ0) is 18.7. The van der Waals surface area contributed by atoms with Gasteiger partial charge < -0.3 is 11.1 Å². The average molecular weight is 391 g/mol. The highest BCUT2D eigenvalue weighted by Gasteiger charge is 2.32. The van der Waals surface area contributed by atoms with Crippen LogP contribution in [-0.4, -0.2) is 41.4 Å². The molecule has 0 aromatic heterocycles.